The first kappa shape index (κ1) is 15.4. The van der Waals surface area contributed by atoms with Gasteiger partial charge < -0.3 is 15.8 Å². The molecule has 6 nitrogen and oxygen atoms in total. The van der Waals surface area contributed by atoms with E-state index in [0.717, 1.165) is 0 Å². The van der Waals surface area contributed by atoms with Crippen LogP contribution in [0.25, 0.3) is 0 Å². The number of hydrogen-bond acceptors (Lipinski definition) is 6. The molecule has 0 saturated heterocycles. The zero-order valence-electron chi connectivity index (χ0n) is 11.1. The molecule has 0 radical (unpaired) electrons. The fourth-order valence-corrected chi connectivity index (χ4v) is 1.61. The van der Waals surface area contributed by atoms with Gasteiger partial charge in [-0.2, -0.15) is 10.2 Å². The van der Waals surface area contributed by atoms with Crippen LogP contribution in [0.15, 0.2) is 30.5 Å². The van der Waals surface area contributed by atoms with Crippen molar-refractivity contribution in [2.45, 2.75) is 12.9 Å². The number of nitrogen functional groups attached to an aromatic ring is 1. The minimum atomic E-state index is -4.77. The molecule has 114 valence electrons. The molecule has 2 rings (SSSR count). The van der Waals surface area contributed by atoms with Gasteiger partial charge in [0.2, 0.25) is 5.95 Å². The second-order valence-electron chi connectivity index (χ2n) is 4.11. The molecule has 2 aromatic rings. The lowest BCUT2D eigenvalue weighted by molar-refractivity contribution is -0.274. The summed E-state index contributed by atoms with van der Waals surface area (Å²) in [5.74, 6) is -0.234. The highest BCUT2D eigenvalue weighted by Crippen LogP contribution is 2.26. The van der Waals surface area contributed by atoms with Gasteiger partial charge in [-0.1, -0.05) is 18.2 Å². The normalized spacial score (nSPS) is 10.8. The van der Waals surface area contributed by atoms with Crippen LogP contribution in [-0.2, 0) is 6.54 Å². The van der Waals surface area contributed by atoms with Crippen LogP contribution in [0, 0.1) is 11.3 Å². The lowest BCUT2D eigenvalue weighted by Gasteiger charge is -2.13. The smallest absolute Gasteiger partial charge is 0.405 e. The molecule has 1 heterocycles. The van der Waals surface area contributed by atoms with Crippen LogP contribution in [0.4, 0.5) is 24.9 Å². The summed E-state index contributed by atoms with van der Waals surface area (Å²) in [6.07, 6.45) is -3.55. The topological polar surface area (TPSA) is 96.8 Å². The number of rotatable bonds is 4. The highest BCUT2D eigenvalue weighted by Gasteiger charge is 2.31. The SMILES string of the molecule is N#Cc1cnc(NCc2ccccc2OC(F)(F)F)nc1N. The molecule has 3 N–H and O–H groups in total. The molecule has 0 atom stereocenters. The number of nitriles is 1. The highest BCUT2D eigenvalue weighted by atomic mass is 19.4. The van der Waals surface area contributed by atoms with E-state index in [9.17, 15) is 13.2 Å². The summed E-state index contributed by atoms with van der Waals surface area (Å²) in [7, 11) is 0. The van der Waals surface area contributed by atoms with E-state index in [2.05, 4.69) is 20.0 Å². The van der Waals surface area contributed by atoms with Crippen LogP contribution in [0.5, 0.6) is 5.75 Å². The monoisotopic (exact) mass is 309 g/mol. The van der Waals surface area contributed by atoms with Crippen molar-refractivity contribution in [3.8, 4) is 11.8 Å². The van der Waals surface area contributed by atoms with Crippen LogP contribution in [-0.4, -0.2) is 16.3 Å². The summed E-state index contributed by atoms with van der Waals surface area (Å²) in [5.41, 5.74) is 5.91. The second kappa shape index (κ2) is 6.17. The third-order valence-corrected chi connectivity index (χ3v) is 2.57. The van der Waals surface area contributed by atoms with Crippen LogP contribution in [0.1, 0.15) is 11.1 Å². The van der Waals surface area contributed by atoms with Crippen LogP contribution >= 0.6 is 0 Å². The van der Waals surface area contributed by atoms with Gasteiger partial charge >= 0.3 is 6.36 Å². The number of nitrogens with one attached hydrogen (secondary N) is 1. The fraction of sp³-hybridized carbons (Fsp3) is 0.154. The second-order valence-corrected chi connectivity index (χ2v) is 4.11. The number of aromatic nitrogens is 2. The van der Waals surface area contributed by atoms with Crippen molar-refractivity contribution in [2.24, 2.45) is 0 Å². The van der Waals surface area contributed by atoms with E-state index in [1.165, 1.54) is 24.4 Å². The highest BCUT2D eigenvalue weighted by molar-refractivity contribution is 5.50. The maximum absolute atomic E-state index is 12.3. The number of alkyl halides is 3. The Kier molecular flexibility index (Phi) is 4.31. The van der Waals surface area contributed by atoms with Crippen LogP contribution in [0.3, 0.4) is 0 Å². The van der Waals surface area contributed by atoms with E-state index in [4.69, 9.17) is 11.0 Å². The van der Waals surface area contributed by atoms with Gasteiger partial charge in [-0.25, -0.2) is 4.98 Å². The lowest BCUT2D eigenvalue weighted by atomic mass is 10.2. The molecule has 0 bridgehead atoms. The van der Waals surface area contributed by atoms with E-state index in [1.807, 2.05) is 6.07 Å². The summed E-state index contributed by atoms with van der Waals surface area (Å²) in [6.45, 7) is -0.00239. The van der Waals surface area contributed by atoms with Gasteiger partial charge in [0.25, 0.3) is 0 Å². The maximum Gasteiger partial charge on any atom is 0.573 e. The third kappa shape index (κ3) is 3.99. The Balaban J connectivity index is 2.12. The summed E-state index contributed by atoms with van der Waals surface area (Å²) in [5, 5.41) is 11.4. The fourth-order valence-electron chi connectivity index (χ4n) is 1.61. The Morgan fingerprint density at radius 3 is 2.68 bits per heavy atom. The van der Waals surface area contributed by atoms with E-state index >= 15 is 0 Å². The largest absolute Gasteiger partial charge is 0.573 e. The predicted octanol–water partition coefficient (Wildman–Crippen LogP) is 2.44. The Labute approximate surface area is 123 Å². The number of nitrogens with zero attached hydrogens (tertiary/aromatic N) is 3. The number of benzene rings is 1. The van der Waals surface area contributed by atoms with Crippen molar-refractivity contribution in [3.05, 3.63) is 41.6 Å². The minimum Gasteiger partial charge on any atom is -0.405 e. The summed E-state index contributed by atoms with van der Waals surface area (Å²) < 4.78 is 40.9. The number of anilines is 2. The summed E-state index contributed by atoms with van der Waals surface area (Å²) >= 11 is 0. The first-order valence-corrected chi connectivity index (χ1v) is 5.99. The van der Waals surface area contributed by atoms with Gasteiger partial charge in [-0.3, -0.25) is 0 Å². The molecule has 1 aromatic heterocycles. The van der Waals surface area contributed by atoms with Gasteiger partial charge in [0, 0.05) is 12.1 Å². The van der Waals surface area contributed by atoms with Crippen LogP contribution in [0.2, 0.25) is 0 Å². The standard InChI is InChI=1S/C13H10F3N5O/c14-13(15,16)22-10-4-2-1-3-8(10)6-19-12-20-7-9(5-17)11(18)21-12/h1-4,7H,6H2,(H3,18,19,20,21). The zero-order chi connectivity index (χ0) is 16.2. The van der Waals surface area contributed by atoms with Crippen molar-refractivity contribution in [1.82, 2.24) is 9.97 Å². The molecule has 0 aliphatic heterocycles. The van der Waals surface area contributed by atoms with E-state index in [0.29, 0.717) is 0 Å². The average Bonchev–Trinajstić information content (AvgIpc) is 2.45. The molecule has 9 heteroatoms. The first-order chi connectivity index (χ1) is 10.4. The summed E-state index contributed by atoms with van der Waals surface area (Å²) in [4.78, 5) is 7.68. The number of halogens is 3. The van der Waals surface area contributed by atoms with Crippen molar-refractivity contribution in [2.75, 3.05) is 11.1 Å². The maximum atomic E-state index is 12.3. The van der Waals surface area contributed by atoms with E-state index in [1.54, 1.807) is 6.07 Å². The van der Waals surface area contributed by atoms with Gasteiger partial charge in [0.15, 0.2) is 0 Å². The predicted molar refractivity (Wildman–Crippen MR) is 71.6 cm³/mol. The van der Waals surface area contributed by atoms with Crippen molar-refractivity contribution in [1.29, 1.82) is 5.26 Å². The van der Waals surface area contributed by atoms with Gasteiger partial charge in [-0.05, 0) is 6.07 Å². The van der Waals surface area contributed by atoms with Crippen LogP contribution < -0.4 is 15.8 Å². The molecule has 0 spiro atoms. The molecule has 1 aromatic carbocycles. The molecule has 0 saturated carbocycles. The molecular formula is C13H10F3N5O. The Bertz CT molecular complexity index is 712. The molecular weight excluding hydrogens is 299 g/mol. The lowest BCUT2D eigenvalue weighted by Crippen LogP contribution is -2.18. The Morgan fingerprint density at radius 2 is 2.05 bits per heavy atom. The molecule has 0 unspecified atom stereocenters. The zero-order valence-corrected chi connectivity index (χ0v) is 11.1. The van der Waals surface area contributed by atoms with Crippen molar-refractivity contribution < 1.29 is 17.9 Å². The quantitative estimate of drug-likeness (QED) is 0.900. The number of nitrogens with two attached hydrogens (primary N) is 1. The van der Waals surface area contributed by atoms with E-state index < -0.39 is 6.36 Å². The average molecular weight is 309 g/mol. The Morgan fingerprint density at radius 1 is 1.32 bits per heavy atom. The number of para-hydroxylation sites is 1. The molecule has 0 fully saturated rings. The number of ether oxygens (including phenoxy) is 1. The van der Waals surface area contributed by atoms with Crippen molar-refractivity contribution >= 4 is 11.8 Å². The first-order valence-electron chi connectivity index (χ1n) is 5.99. The number of hydrogen-bond donors (Lipinski definition) is 2. The third-order valence-electron chi connectivity index (χ3n) is 2.57. The van der Waals surface area contributed by atoms with Gasteiger partial charge in [0.1, 0.15) is 23.2 Å². The minimum absolute atomic E-state index is 0.00239. The van der Waals surface area contributed by atoms with E-state index in [-0.39, 0.29) is 35.2 Å². The molecule has 0 amide bonds. The summed E-state index contributed by atoms with van der Waals surface area (Å²) in [6, 6.07) is 7.50. The van der Waals surface area contributed by atoms with Gasteiger partial charge in [0.05, 0.1) is 6.20 Å². The molecule has 22 heavy (non-hydrogen) atoms. The van der Waals surface area contributed by atoms with Crippen molar-refractivity contribution in [3.63, 3.8) is 0 Å². The Hall–Kier alpha value is -3.02. The van der Waals surface area contributed by atoms with Gasteiger partial charge in [-0.15, -0.1) is 13.2 Å². The molecule has 0 aliphatic rings. The molecule has 0 aliphatic carbocycles.